The van der Waals surface area contributed by atoms with Crippen LogP contribution in [0.2, 0.25) is 5.02 Å². The highest BCUT2D eigenvalue weighted by atomic mass is 35.5. The van der Waals surface area contributed by atoms with Crippen LogP contribution in [0.15, 0.2) is 42.9 Å². The third-order valence-electron chi connectivity index (χ3n) is 5.58. The highest BCUT2D eigenvalue weighted by Crippen LogP contribution is 2.27. The van der Waals surface area contributed by atoms with Gasteiger partial charge in [-0.15, -0.1) is 0 Å². The predicted octanol–water partition coefficient (Wildman–Crippen LogP) is 3.18. The van der Waals surface area contributed by atoms with E-state index in [-0.39, 0.29) is 12.1 Å². The summed E-state index contributed by atoms with van der Waals surface area (Å²) in [6.45, 7) is 1.03. The number of hydrogen-bond donors (Lipinski definition) is 2. The van der Waals surface area contributed by atoms with Crippen LogP contribution in [-0.2, 0) is 22.6 Å². The van der Waals surface area contributed by atoms with Crippen LogP contribution in [0.4, 0.5) is 16.6 Å². The van der Waals surface area contributed by atoms with Crippen LogP contribution in [0.5, 0.6) is 5.75 Å². The average Bonchev–Trinajstić information content (AvgIpc) is 3.39. The van der Waals surface area contributed by atoms with Crippen LogP contribution < -0.4 is 20.3 Å². The maximum atomic E-state index is 13.0. The van der Waals surface area contributed by atoms with Crippen molar-refractivity contribution in [1.29, 1.82) is 0 Å². The third kappa shape index (κ3) is 6.53. The normalized spacial score (nSPS) is 14.7. The summed E-state index contributed by atoms with van der Waals surface area (Å²) < 4.78 is 15.2. The van der Waals surface area contributed by atoms with E-state index in [9.17, 15) is 9.59 Å². The zero-order chi connectivity index (χ0) is 26.2. The first-order chi connectivity index (χ1) is 18.0. The van der Waals surface area contributed by atoms with Gasteiger partial charge in [-0.05, 0) is 30.2 Å². The molecule has 0 aliphatic carbocycles. The number of methoxy groups -OCH3 is 2. The van der Waals surface area contributed by atoms with Crippen LogP contribution in [0.3, 0.4) is 0 Å². The highest BCUT2D eigenvalue weighted by molar-refractivity contribution is 6.32. The second-order valence-corrected chi connectivity index (χ2v) is 8.37. The van der Waals surface area contributed by atoms with E-state index in [2.05, 4.69) is 35.3 Å². The van der Waals surface area contributed by atoms with Crippen molar-refractivity contribution in [2.45, 2.75) is 32.2 Å². The first-order valence-electron chi connectivity index (χ1n) is 11.5. The number of aromatic nitrogens is 4. The fraction of sp³-hybridized carbons (Fsp3) is 0.333. The molecule has 194 valence electrons. The number of nitrogens with zero attached hydrogens (tertiary/aromatic N) is 5. The van der Waals surface area contributed by atoms with Gasteiger partial charge in [0, 0.05) is 38.1 Å². The lowest BCUT2D eigenvalue weighted by Gasteiger charge is -2.24. The topological polar surface area (TPSA) is 141 Å². The largest absolute Gasteiger partial charge is 0.509 e. The predicted molar refractivity (Wildman–Crippen MR) is 134 cm³/mol. The fourth-order valence-corrected chi connectivity index (χ4v) is 4.02. The summed E-state index contributed by atoms with van der Waals surface area (Å²) in [5.41, 5.74) is 1.08. The number of nitrogens with one attached hydrogen (secondary N) is 2. The van der Waals surface area contributed by atoms with Crippen LogP contribution in [0, 0.1) is 0 Å². The summed E-state index contributed by atoms with van der Waals surface area (Å²) in [7, 11) is 2.79. The van der Waals surface area contributed by atoms with E-state index in [0.717, 1.165) is 12.0 Å². The second kappa shape index (κ2) is 12.2. The molecule has 1 saturated heterocycles. The first kappa shape index (κ1) is 25.9. The Morgan fingerprint density at radius 2 is 1.97 bits per heavy atom. The molecule has 4 rings (SSSR count). The van der Waals surface area contributed by atoms with E-state index >= 15 is 0 Å². The molecule has 1 fully saturated rings. The van der Waals surface area contributed by atoms with Crippen LogP contribution >= 0.6 is 11.6 Å². The van der Waals surface area contributed by atoms with Crippen molar-refractivity contribution in [1.82, 2.24) is 25.3 Å². The maximum Gasteiger partial charge on any atom is 0.509 e. The Balaban J connectivity index is 1.57. The van der Waals surface area contributed by atoms with E-state index in [1.807, 2.05) is 6.07 Å². The van der Waals surface area contributed by atoms with Crippen LogP contribution in [0.1, 0.15) is 34.6 Å². The van der Waals surface area contributed by atoms with Crippen LogP contribution in [0.25, 0.3) is 0 Å². The molecule has 1 aliphatic heterocycles. The second-order valence-electron chi connectivity index (χ2n) is 7.96. The standard InChI is InChI=1S/C24H26ClN7O5/c1-35-18-7-6-15(11-17(18)25)12-28-21-16(22(33)29-14-19-26-8-4-9-27-19)13-30-23(31-21)32-10-3-5-20(32)37-24(34)36-2/h4,6-9,11,13,20H,3,5,10,12,14H2,1-2H3,(H,29,33)(H,28,30,31). The number of ether oxygens (including phenoxy) is 3. The van der Waals surface area contributed by atoms with Crippen molar-refractivity contribution in [3.8, 4) is 5.75 Å². The van der Waals surface area contributed by atoms with Gasteiger partial charge in [0.05, 0.1) is 25.8 Å². The Hall–Kier alpha value is -4.19. The Labute approximate surface area is 218 Å². The lowest BCUT2D eigenvalue weighted by atomic mass is 10.2. The summed E-state index contributed by atoms with van der Waals surface area (Å²) in [6.07, 6.45) is 4.65. The zero-order valence-corrected chi connectivity index (χ0v) is 21.1. The minimum atomic E-state index is -0.786. The number of carbonyl (C=O) groups excluding carboxylic acids is 2. The molecule has 2 aromatic heterocycles. The smallest absolute Gasteiger partial charge is 0.495 e. The number of carbonyl (C=O) groups is 2. The highest BCUT2D eigenvalue weighted by Gasteiger charge is 2.31. The number of halogens is 1. The van der Waals surface area contributed by atoms with Crippen molar-refractivity contribution in [3.05, 3.63) is 64.8 Å². The molecule has 0 spiro atoms. The van der Waals surface area contributed by atoms with E-state index in [4.69, 9.17) is 21.1 Å². The summed E-state index contributed by atoms with van der Waals surface area (Å²) in [4.78, 5) is 43.7. The zero-order valence-electron chi connectivity index (χ0n) is 20.3. The summed E-state index contributed by atoms with van der Waals surface area (Å²) in [5, 5.41) is 6.45. The van der Waals surface area contributed by atoms with E-state index in [0.29, 0.717) is 47.9 Å². The molecule has 1 aliphatic rings. The van der Waals surface area contributed by atoms with Gasteiger partial charge in [-0.2, -0.15) is 4.98 Å². The molecule has 1 atom stereocenters. The van der Waals surface area contributed by atoms with Gasteiger partial charge in [0.2, 0.25) is 5.95 Å². The number of benzene rings is 1. The molecule has 0 radical (unpaired) electrons. The minimum Gasteiger partial charge on any atom is -0.495 e. The van der Waals surface area contributed by atoms with Gasteiger partial charge in [0.25, 0.3) is 5.91 Å². The first-order valence-corrected chi connectivity index (χ1v) is 11.8. The van der Waals surface area contributed by atoms with Gasteiger partial charge in [-0.25, -0.2) is 19.7 Å². The Morgan fingerprint density at radius 1 is 1.16 bits per heavy atom. The van der Waals surface area contributed by atoms with Crippen LogP contribution in [-0.4, -0.2) is 59.0 Å². The van der Waals surface area contributed by atoms with Crippen molar-refractivity contribution in [3.63, 3.8) is 0 Å². The molecule has 3 heterocycles. The molecule has 1 unspecified atom stereocenters. The molecular formula is C24H26ClN7O5. The van der Waals surface area contributed by atoms with Crippen molar-refractivity contribution in [2.24, 2.45) is 0 Å². The minimum absolute atomic E-state index is 0.135. The summed E-state index contributed by atoms with van der Waals surface area (Å²) in [6, 6.07) is 7.08. The summed E-state index contributed by atoms with van der Waals surface area (Å²) in [5.74, 6) is 1.23. The van der Waals surface area contributed by atoms with E-state index in [1.165, 1.54) is 13.3 Å². The molecular weight excluding hydrogens is 502 g/mol. The van der Waals surface area contributed by atoms with Gasteiger partial charge < -0.3 is 29.7 Å². The molecule has 12 nitrogen and oxygen atoms in total. The maximum absolute atomic E-state index is 13.0. The quantitative estimate of drug-likeness (QED) is 0.396. The van der Waals surface area contributed by atoms with Gasteiger partial charge in [0.1, 0.15) is 23.0 Å². The molecule has 0 saturated carbocycles. The van der Waals surface area contributed by atoms with E-state index < -0.39 is 18.3 Å². The molecule has 13 heteroatoms. The van der Waals surface area contributed by atoms with Crippen molar-refractivity contribution < 1.29 is 23.8 Å². The van der Waals surface area contributed by atoms with Crippen molar-refractivity contribution in [2.75, 3.05) is 31.0 Å². The fourth-order valence-electron chi connectivity index (χ4n) is 3.74. The Bertz CT molecular complexity index is 1250. The van der Waals surface area contributed by atoms with Gasteiger partial charge in [-0.3, -0.25) is 4.79 Å². The Morgan fingerprint density at radius 3 is 2.70 bits per heavy atom. The third-order valence-corrected chi connectivity index (χ3v) is 5.87. The van der Waals surface area contributed by atoms with E-state index in [1.54, 1.807) is 42.6 Å². The number of amides is 1. The number of hydrogen-bond acceptors (Lipinski definition) is 11. The summed E-state index contributed by atoms with van der Waals surface area (Å²) >= 11 is 6.26. The monoisotopic (exact) mass is 527 g/mol. The average molecular weight is 528 g/mol. The molecule has 1 amide bonds. The Kier molecular flexibility index (Phi) is 8.52. The molecule has 0 bridgehead atoms. The number of rotatable bonds is 9. The van der Waals surface area contributed by atoms with Gasteiger partial charge >= 0.3 is 6.16 Å². The molecule has 1 aromatic carbocycles. The van der Waals surface area contributed by atoms with Gasteiger partial charge in [-0.1, -0.05) is 17.7 Å². The lowest BCUT2D eigenvalue weighted by Crippen LogP contribution is -2.35. The number of anilines is 2. The van der Waals surface area contributed by atoms with Crippen molar-refractivity contribution >= 4 is 35.4 Å². The molecule has 3 aromatic rings. The molecule has 2 N–H and O–H groups in total. The molecule has 37 heavy (non-hydrogen) atoms. The lowest BCUT2D eigenvalue weighted by molar-refractivity contribution is 0.0402. The van der Waals surface area contributed by atoms with Gasteiger partial charge in [0.15, 0.2) is 6.23 Å². The SMILES string of the molecule is COC(=O)OC1CCCN1c1ncc(C(=O)NCc2ncccn2)c(NCc2ccc(OC)c(Cl)c2)n1.